The van der Waals surface area contributed by atoms with Crippen molar-refractivity contribution in [1.29, 1.82) is 5.41 Å². The molecule has 1 aliphatic rings. The zero-order chi connectivity index (χ0) is 14.2. The van der Waals surface area contributed by atoms with Crippen LogP contribution < -0.4 is 10.6 Å². The van der Waals surface area contributed by atoms with E-state index in [1.165, 1.54) is 5.56 Å². The van der Waals surface area contributed by atoms with Crippen LogP contribution in [0.25, 0.3) is 0 Å². The normalized spacial score (nSPS) is 23.1. The van der Waals surface area contributed by atoms with E-state index in [0.29, 0.717) is 12.0 Å². The maximum absolute atomic E-state index is 7.74. The predicted octanol–water partition coefficient (Wildman–Crippen LogP) is 1.67. The minimum Gasteiger partial charge on any atom is -0.384 e. The van der Waals surface area contributed by atoms with Gasteiger partial charge < -0.3 is 15.5 Å². The highest BCUT2D eigenvalue weighted by Crippen LogP contribution is 2.29. The molecule has 1 aromatic rings. The zero-order valence-corrected chi connectivity index (χ0v) is 12.3. The van der Waals surface area contributed by atoms with Gasteiger partial charge in [-0.2, -0.15) is 0 Å². The van der Waals surface area contributed by atoms with Crippen molar-refractivity contribution in [3.05, 3.63) is 29.3 Å². The third-order valence-electron chi connectivity index (χ3n) is 4.02. The van der Waals surface area contributed by atoms with Crippen molar-refractivity contribution in [1.82, 2.24) is 4.90 Å². The van der Waals surface area contributed by atoms with Crippen molar-refractivity contribution < 1.29 is 0 Å². The van der Waals surface area contributed by atoms with Gasteiger partial charge in [0.25, 0.3) is 0 Å². The van der Waals surface area contributed by atoms with Gasteiger partial charge in [0.05, 0.1) is 0 Å². The quantitative estimate of drug-likeness (QED) is 0.642. The Labute approximate surface area is 115 Å². The van der Waals surface area contributed by atoms with Crippen LogP contribution in [0.2, 0.25) is 0 Å². The number of hydrogen-bond donors (Lipinski definition) is 2. The first-order valence-electron chi connectivity index (χ1n) is 6.76. The summed E-state index contributed by atoms with van der Waals surface area (Å²) in [4.78, 5) is 4.65. The molecule has 1 fully saturated rings. The van der Waals surface area contributed by atoms with Crippen molar-refractivity contribution in [3.8, 4) is 0 Å². The number of nitrogens with zero attached hydrogens (tertiary/aromatic N) is 2. The molecule has 0 spiro atoms. The molecule has 0 saturated carbocycles. The Morgan fingerprint density at radius 2 is 2.05 bits per heavy atom. The summed E-state index contributed by atoms with van der Waals surface area (Å²) in [6, 6.07) is 6.67. The molecule has 19 heavy (non-hydrogen) atoms. The van der Waals surface area contributed by atoms with Gasteiger partial charge in [0.2, 0.25) is 0 Å². The van der Waals surface area contributed by atoms with Crippen molar-refractivity contribution in [2.75, 3.05) is 32.1 Å². The Bertz CT molecular complexity index is 481. The highest BCUT2D eigenvalue weighted by atomic mass is 15.2. The standard InChI is InChI=1S/C15H24N4/c1-10-5-6-12(15(16)17)13(7-10)19-8-11(2)14(9-19)18(3)4/h5-7,11,14H,8-9H2,1-4H3,(H3,16,17). The van der Waals surface area contributed by atoms with E-state index in [9.17, 15) is 0 Å². The van der Waals surface area contributed by atoms with Gasteiger partial charge in [-0.05, 0) is 44.6 Å². The fourth-order valence-corrected chi connectivity index (χ4v) is 2.95. The minimum atomic E-state index is 0.149. The molecule has 0 amide bonds. The lowest BCUT2D eigenvalue weighted by Crippen LogP contribution is -2.34. The second-order valence-corrected chi connectivity index (χ2v) is 5.85. The SMILES string of the molecule is Cc1ccc(C(=N)N)c(N2CC(C)C(N(C)C)C2)c1. The molecule has 0 aromatic heterocycles. The molecule has 1 aliphatic heterocycles. The van der Waals surface area contributed by atoms with Crippen LogP contribution in [0.5, 0.6) is 0 Å². The second kappa shape index (κ2) is 5.21. The smallest absolute Gasteiger partial charge is 0.124 e. The number of amidine groups is 1. The lowest BCUT2D eigenvalue weighted by atomic mass is 10.1. The number of aryl methyl sites for hydroxylation is 1. The van der Waals surface area contributed by atoms with Gasteiger partial charge in [0.1, 0.15) is 5.84 Å². The molecule has 0 bridgehead atoms. The average molecular weight is 260 g/mol. The van der Waals surface area contributed by atoms with Crippen LogP contribution in [0.3, 0.4) is 0 Å². The summed E-state index contributed by atoms with van der Waals surface area (Å²) < 4.78 is 0. The lowest BCUT2D eigenvalue weighted by molar-refractivity contribution is 0.266. The molecule has 0 aliphatic carbocycles. The van der Waals surface area contributed by atoms with Crippen LogP contribution in [0.4, 0.5) is 5.69 Å². The molecule has 2 unspecified atom stereocenters. The van der Waals surface area contributed by atoms with Gasteiger partial charge >= 0.3 is 0 Å². The first-order chi connectivity index (χ1) is 8.90. The predicted molar refractivity (Wildman–Crippen MR) is 81.0 cm³/mol. The van der Waals surface area contributed by atoms with E-state index < -0.39 is 0 Å². The largest absolute Gasteiger partial charge is 0.384 e. The Balaban J connectivity index is 2.33. The molecular weight excluding hydrogens is 236 g/mol. The third kappa shape index (κ3) is 2.73. The summed E-state index contributed by atoms with van der Waals surface area (Å²) in [5.41, 5.74) is 8.86. The first kappa shape index (κ1) is 13.9. The van der Waals surface area contributed by atoms with E-state index in [4.69, 9.17) is 11.1 Å². The molecule has 1 heterocycles. The molecule has 0 radical (unpaired) electrons. The Kier molecular flexibility index (Phi) is 3.80. The lowest BCUT2D eigenvalue weighted by Gasteiger charge is -2.24. The monoisotopic (exact) mass is 260 g/mol. The van der Waals surface area contributed by atoms with Crippen molar-refractivity contribution in [2.24, 2.45) is 11.7 Å². The van der Waals surface area contributed by atoms with Crippen LogP contribution >= 0.6 is 0 Å². The van der Waals surface area contributed by atoms with Crippen molar-refractivity contribution >= 4 is 11.5 Å². The fraction of sp³-hybridized carbons (Fsp3) is 0.533. The topological polar surface area (TPSA) is 56.4 Å². The van der Waals surface area contributed by atoms with E-state index >= 15 is 0 Å². The van der Waals surface area contributed by atoms with E-state index in [0.717, 1.165) is 24.3 Å². The Morgan fingerprint density at radius 1 is 1.37 bits per heavy atom. The van der Waals surface area contributed by atoms with E-state index in [1.807, 2.05) is 12.1 Å². The highest BCUT2D eigenvalue weighted by Gasteiger charge is 2.32. The minimum absolute atomic E-state index is 0.149. The molecule has 3 N–H and O–H groups in total. The number of likely N-dealkylation sites (N-methyl/N-ethyl adjacent to an activating group) is 1. The van der Waals surface area contributed by atoms with E-state index in [-0.39, 0.29) is 5.84 Å². The fourth-order valence-electron chi connectivity index (χ4n) is 2.95. The second-order valence-electron chi connectivity index (χ2n) is 5.85. The van der Waals surface area contributed by atoms with Gasteiger partial charge in [-0.25, -0.2) is 0 Å². The summed E-state index contributed by atoms with van der Waals surface area (Å²) in [6.45, 7) is 6.38. The van der Waals surface area contributed by atoms with Gasteiger partial charge in [0.15, 0.2) is 0 Å². The summed E-state index contributed by atoms with van der Waals surface area (Å²) in [7, 11) is 4.26. The third-order valence-corrected chi connectivity index (χ3v) is 4.02. The molecule has 2 atom stereocenters. The maximum Gasteiger partial charge on any atom is 0.124 e. The highest BCUT2D eigenvalue weighted by molar-refractivity contribution is 6.00. The molecule has 1 saturated heterocycles. The molecule has 104 valence electrons. The molecule has 2 rings (SSSR count). The summed E-state index contributed by atoms with van der Waals surface area (Å²) in [5.74, 6) is 0.770. The number of nitrogens with two attached hydrogens (primary N) is 1. The Morgan fingerprint density at radius 3 is 2.58 bits per heavy atom. The van der Waals surface area contributed by atoms with Crippen LogP contribution in [-0.2, 0) is 0 Å². The summed E-state index contributed by atoms with van der Waals surface area (Å²) in [5, 5.41) is 7.74. The van der Waals surface area contributed by atoms with Crippen molar-refractivity contribution in [3.63, 3.8) is 0 Å². The van der Waals surface area contributed by atoms with Gasteiger partial charge in [-0.1, -0.05) is 13.0 Å². The summed E-state index contributed by atoms with van der Waals surface area (Å²) in [6.07, 6.45) is 0. The maximum atomic E-state index is 7.74. The number of nitrogens with one attached hydrogen (secondary N) is 1. The molecule has 4 nitrogen and oxygen atoms in total. The number of rotatable bonds is 3. The molecule has 4 heteroatoms. The number of nitrogen functional groups attached to an aromatic ring is 1. The Hall–Kier alpha value is -1.55. The van der Waals surface area contributed by atoms with Gasteiger partial charge in [-0.15, -0.1) is 0 Å². The van der Waals surface area contributed by atoms with Crippen LogP contribution in [0.1, 0.15) is 18.1 Å². The summed E-state index contributed by atoms with van der Waals surface area (Å²) >= 11 is 0. The molecule has 1 aromatic carbocycles. The first-order valence-corrected chi connectivity index (χ1v) is 6.76. The molecular formula is C15H24N4. The van der Waals surface area contributed by atoms with Crippen molar-refractivity contribution in [2.45, 2.75) is 19.9 Å². The van der Waals surface area contributed by atoms with Crippen LogP contribution in [0.15, 0.2) is 18.2 Å². The number of benzene rings is 1. The van der Waals surface area contributed by atoms with E-state index in [1.54, 1.807) is 0 Å². The average Bonchev–Trinajstić information content (AvgIpc) is 2.70. The van der Waals surface area contributed by atoms with Crippen LogP contribution in [-0.4, -0.2) is 44.0 Å². The number of hydrogen-bond acceptors (Lipinski definition) is 3. The van der Waals surface area contributed by atoms with E-state index in [2.05, 4.69) is 43.8 Å². The van der Waals surface area contributed by atoms with Gasteiger partial charge in [0, 0.05) is 30.4 Å². The van der Waals surface area contributed by atoms with Gasteiger partial charge in [-0.3, -0.25) is 5.41 Å². The van der Waals surface area contributed by atoms with Crippen LogP contribution in [0, 0.1) is 18.3 Å². The zero-order valence-electron chi connectivity index (χ0n) is 12.3. The number of anilines is 1.